The van der Waals surface area contributed by atoms with Gasteiger partial charge in [-0.1, -0.05) is 30.4 Å². The maximum atomic E-state index is 14.4. The van der Waals surface area contributed by atoms with E-state index in [0.717, 1.165) is 13.2 Å². The van der Waals surface area contributed by atoms with Gasteiger partial charge in [0.15, 0.2) is 29.4 Å². The van der Waals surface area contributed by atoms with E-state index < -0.39 is 79.4 Å². The number of hydrogen-bond donors (Lipinski definition) is 4. The topological polar surface area (TPSA) is 188 Å². The summed E-state index contributed by atoms with van der Waals surface area (Å²) >= 11 is 5.62. The Morgan fingerprint density at radius 2 is 1.64 bits per heavy atom. The molecule has 44 heavy (non-hydrogen) atoms. The van der Waals surface area contributed by atoms with Crippen molar-refractivity contribution in [2.24, 2.45) is 0 Å². The van der Waals surface area contributed by atoms with E-state index in [9.17, 15) is 44.1 Å². The largest absolute Gasteiger partial charge is 0.507 e. The quantitative estimate of drug-likeness (QED) is 0.148. The van der Waals surface area contributed by atoms with Crippen LogP contribution in [-0.2, 0) is 16.6 Å². The van der Waals surface area contributed by atoms with Crippen molar-refractivity contribution < 1.29 is 44.0 Å². The number of H-pyrrole nitrogens is 1. The molecule has 0 unspecified atom stereocenters. The first-order chi connectivity index (χ1) is 21.0. The van der Waals surface area contributed by atoms with Crippen molar-refractivity contribution >= 4 is 62.8 Å². The van der Waals surface area contributed by atoms with E-state index in [1.807, 2.05) is 6.08 Å². The molecule has 218 valence electrons. The van der Waals surface area contributed by atoms with Crippen molar-refractivity contribution in [3.05, 3.63) is 91.1 Å². The van der Waals surface area contributed by atoms with Crippen LogP contribution in [0.5, 0.6) is 17.2 Å². The molecule has 0 bridgehead atoms. The summed E-state index contributed by atoms with van der Waals surface area (Å²) in [5.74, 6) is -7.03. The lowest BCUT2D eigenvalue weighted by Crippen LogP contribution is -2.36. The minimum absolute atomic E-state index is 0.0149. The molecule has 3 aromatic rings. The molecule has 4 aliphatic rings. The van der Waals surface area contributed by atoms with Gasteiger partial charge in [0.05, 0.1) is 40.4 Å². The summed E-state index contributed by atoms with van der Waals surface area (Å²) < 4.78 is 4.93. The average molecular weight is 610 g/mol. The van der Waals surface area contributed by atoms with Crippen molar-refractivity contribution in [1.82, 2.24) is 4.98 Å². The number of aromatic nitrogens is 1. The molecule has 11 nitrogen and oxygen atoms in total. The van der Waals surface area contributed by atoms with Crippen molar-refractivity contribution in [2.75, 3.05) is 7.11 Å². The van der Waals surface area contributed by atoms with Crippen LogP contribution in [0.25, 0.3) is 16.3 Å². The number of carbonyl (C=O) groups is 5. The molecule has 1 atom stereocenters. The number of ether oxygens (including phenoxy) is 1. The number of allylic oxidation sites excluding steroid dienone is 6. The molecule has 4 aliphatic carbocycles. The predicted molar refractivity (Wildman–Crippen MR) is 158 cm³/mol. The molecule has 0 amide bonds. The molecule has 1 heterocycles. The third-order valence-electron chi connectivity index (χ3n) is 8.83. The van der Waals surface area contributed by atoms with Crippen LogP contribution in [0.2, 0.25) is 0 Å². The number of nitrogens with one attached hydrogen (secondary N) is 1. The van der Waals surface area contributed by atoms with Gasteiger partial charge in [0.1, 0.15) is 22.7 Å². The number of Topliss-reactive ketones (excluding diaryl/α,β-unsaturated/α-hetero) is 3. The Hall–Kier alpha value is -5.49. The fourth-order valence-electron chi connectivity index (χ4n) is 6.99. The van der Waals surface area contributed by atoms with Crippen LogP contribution in [0.15, 0.2) is 40.9 Å². The Bertz CT molecular complexity index is 2200. The van der Waals surface area contributed by atoms with E-state index >= 15 is 0 Å². The average Bonchev–Trinajstić information content (AvgIpc) is 3.50. The van der Waals surface area contributed by atoms with Gasteiger partial charge in [0.25, 0.3) is 5.56 Å². The first-order valence-electron chi connectivity index (χ1n) is 13.4. The van der Waals surface area contributed by atoms with Gasteiger partial charge in [0.2, 0.25) is 5.78 Å². The highest BCUT2D eigenvalue weighted by molar-refractivity contribution is 7.81. The van der Waals surface area contributed by atoms with Crippen molar-refractivity contribution in [2.45, 2.75) is 24.7 Å². The number of hydrogen-bond acceptors (Lipinski definition) is 11. The van der Waals surface area contributed by atoms with Gasteiger partial charge in [-0.15, -0.1) is 0 Å². The predicted octanol–water partition coefficient (Wildman–Crippen LogP) is 3.34. The van der Waals surface area contributed by atoms with Crippen LogP contribution in [0.3, 0.4) is 0 Å². The highest BCUT2D eigenvalue weighted by Gasteiger charge is 2.62. The highest BCUT2D eigenvalue weighted by atomic mass is 32.1. The monoisotopic (exact) mass is 609 g/mol. The van der Waals surface area contributed by atoms with Crippen molar-refractivity contribution in [3.8, 4) is 17.2 Å². The standard InChI is InChI=1S/C32H19NO10S/c1-43-16-9-15(35)20-21(25(16)36)27(38)23-22(26(20)37)29(40)32(30(23)41)7-6-13-18(12-4-2-3-5-17(12)44)14-8-11(10-34)33-31(42)19(14)28(39)24(13)32/h2-4,8-10,37-39H,5-7H2,1H3,(H,33,42)/t32-/m0/s1. The Morgan fingerprint density at radius 3 is 2.27 bits per heavy atom. The van der Waals surface area contributed by atoms with E-state index in [-0.39, 0.29) is 34.9 Å². The fraction of sp³-hybridized carbons (Fsp3) is 0.156. The molecular formula is C32H19NO10S. The zero-order valence-corrected chi connectivity index (χ0v) is 23.5. The molecule has 7 rings (SSSR count). The minimum atomic E-state index is -2.23. The number of aromatic hydroxyl groups is 3. The number of aromatic amines is 1. The SMILES string of the molecule is COC1=CC(=O)c2c(O)c3c(c(O)c2C1=O)C(=O)[C@]1(CCc2c1c(O)c1c(=O)[nH]c(C=O)cc1c2C1=CC=CCC1=S)C3=O. The Morgan fingerprint density at radius 1 is 0.955 bits per heavy atom. The van der Waals surface area contributed by atoms with Crippen molar-refractivity contribution in [1.29, 1.82) is 0 Å². The second-order valence-electron chi connectivity index (χ2n) is 10.8. The van der Waals surface area contributed by atoms with Gasteiger partial charge in [-0.05, 0) is 35.6 Å². The van der Waals surface area contributed by atoms with Gasteiger partial charge < -0.3 is 25.0 Å². The third-order valence-corrected chi connectivity index (χ3v) is 9.22. The van der Waals surface area contributed by atoms with E-state index in [2.05, 4.69) is 4.98 Å². The second kappa shape index (κ2) is 9.01. The van der Waals surface area contributed by atoms with Crippen molar-refractivity contribution in [3.63, 3.8) is 0 Å². The maximum Gasteiger partial charge on any atom is 0.260 e. The summed E-state index contributed by atoms with van der Waals surface area (Å²) in [5, 5.41) is 34.1. The second-order valence-corrected chi connectivity index (χ2v) is 11.3. The molecule has 0 saturated carbocycles. The number of aldehydes is 1. The molecule has 0 saturated heterocycles. The van der Waals surface area contributed by atoms with Crippen LogP contribution in [0, 0.1) is 0 Å². The molecule has 0 fully saturated rings. The summed E-state index contributed by atoms with van der Waals surface area (Å²) in [6, 6.07) is 1.38. The summed E-state index contributed by atoms with van der Waals surface area (Å²) in [4.78, 5) is 82.6. The Kier molecular flexibility index (Phi) is 5.60. The van der Waals surface area contributed by atoms with E-state index in [4.69, 9.17) is 17.0 Å². The van der Waals surface area contributed by atoms with E-state index in [1.165, 1.54) is 6.07 Å². The summed E-state index contributed by atoms with van der Waals surface area (Å²) in [6.07, 6.45) is 6.65. The molecule has 0 aliphatic heterocycles. The number of pyridine rings is 1. The van der Waals surface area contributed by atoms with Crippen LogP contribution < -0.4 is 5.56 Å². The smallest absolute Gasteiger partial charge is 0.260 e. The summed E-state index contributed by atoms with van der Waals surface area (Å²) in [7, 11) is 1.12. The first kappa shape index (κ1) is 27.3. The van der Waals surface area contributed by atoms with Crippen LogP contribution in [0.4, 0.5) is 0 Å². The maximum absolute atomic E-state index is 14.4. The number of ketones is 4. The number of carbonyl (C=O) groups excluding carboxylic acids is 5. The number of phenols is 3. The number of methoxy groups -OCH3 is 1. The number of fused-ring (bicyclic) bond motifs is 5. The van der Waals surface area contributed by atoms with Crippen LogP contribution in [-0.4, -0.2) is 61.7 Å². The lowest BCUT2D eigenvalue weighted by molar-refractivity contribution is 0.0790. The van der Waals surface area contributed by atoms with Gasteiger partial charge in [0, 0.05) is 28.3 Å². The number of thiocarbonyl (C=S) groups is 1. The molecule has 12 heteroatoms. The molecule has 1 spiro atoms. The molecular weight excluding hydrogens is 590 g/mol. The summed E-state index contributed by atoms with van der Waals surface area (Å²) in [6.45, 7) is 0. The van der Waals surface area contributed by atoms with Gasteiger partial charge in [-0.2, -0.15) is 0 Å². The van der Waals surface area contributed by atoms with Gasteiger partial charge >= 0.3 is 0 Å². The molecule has 4 N–H and O–H groups in total. The highest BCUT2D eigenvalue weighted by Crippen LogP contribution is 2.58. The zero-order chi connectivity index (χ0) is 31.4. The first-order valence-corrected chi connectivity index (χ1v) is 13.8. The number of phenolic OH excluding ortho intramolecular Hbond substituents is 3. The number of rotatable bonds is 3. The van der Waals surface area contributed by atoms with Gasteiger partial charge in [-0.3, -0.25) is 28.8 Å². The van der Waals surface area contributed by atoms with Crippen LogP contribution in [0.1, 0.15) is 81.5 Å². The van der Waals surface area contributed by atoms with Crippen LogP contribution >= 0.6 is 12.2 Å². The zero-order valence-electron chi connectivity index (χ0n) is 22.7. The molecule has 2 aromatic carbocycles. The van der Waals surface area contributed by atoms with E-state index in [0.29, 0.717) is 34.3 Å². The minimum Gasteiger partial charge on any atom is -0.507 e. The summed E-state index contributed by atoms with van der Waals surface area (Å²) in [5.41, 5.74) is -4.91. The Balaban J connectivity index is 1.58. The number of benzene rings is 2. The molecule has 1 aromatic heterocycles. The van der Waals surface area contributed by atoms with E-state index in [1.54, 1.807) is 12.2 Å². The Labute approximate surface area is 251 Å². The normalized spacial score (nSPS) is 20.2. The van der Waals surface area contributed by atoms with Gasteiger partial charge in [-0.25, -0.2) is 0 Å². The lowest BCUT2D eigenvalue weighted by atomic mass is 9.75. The lowest BCUT2D eigenvalue weighted by Gasteiger charge is -2.25. The fourth-order valence-corrected chi connectivity index (χ4v) is 7.26. The third kappa shape index (κ3) is 3.12. The molecule has 0 radical (unpaired) electrons.